The van der Waals surface area contributed by atoms with Crippen LogP contribution in [0.1, 0.15) is 19.2 Å². The zero-order chi connectivity index (χ0) is 21.4. The predicted octanol–water partition coefficient (Wildman–Crippen LogP) is 1.96. The predicted molar refractivity (Wildman–Crippen MR) is 113 cm³/mol. The molecule has 0 bridgehead atoms. The third-order valence-electron chi connectivity index (χ3n) is 5.41. The molecular formula is C20H22N10O. The van der Waals surface area contributed by atoms with Crippen molar-refractivity contribution in [2.45, 2.75) is 32.9 Å². The molecule has 4 aromatic heterocycles. The van der Waals surface area contributed by atoms with Gasteiger partial charge in [0, 0.05) is 50.5 Å². The van der Waals surface area contributed by atoms with Gasteiger partial charge in [-0.2, -0.15) is 0 Å². The highest BCUT2D eigenvalue weighted by atomic mass is 16.2. The molecule has 0 spiro atoms. The van der Waals surface area contributed by atoms with Crippen LogP contribution in [0.25, 0.3) is 22.6 Å². The number of amides is 1. The second-order valence-corrected chi connectivity index (χ2v) is 7.42. The zero-order valence-electron chi connectivity index (χ0n) is 17.3. The van der Waals surface area contributed by atoms with E-state index >= 15 is 0 Å². The minimum Gasteiger partial charge on any atom is -0.364 e. The molecule has 31 heavy (non-hydrogen) atoms. The molecule has 0 aromatic carbocycles. The molecule has 1 aliphatic rings. The summed E-state index contributed by atoms with van der Waals surface area (Å²) in [5, 5.41) is 3.46. The number of likely N-dealkylation sites (tertiary alicyclic amines) is 1. The Morgan fingerprint density at radius 1 is 1.23 bits per heavy atom. The number of rotatable bonds is 4. The first-order valence-electron chi connectivity index (χ1n) is 10.2. The van der Waals surface area contributed by atoms with E-state index in [0.29, 0.717) is 36.8 Å². The van der Waals surface area contributed by atoms with Crippen LogP contribution in [-0.4, -0.2) is 69.1 Å². The van der Waals surface area contributed by atoms with Gasteiger partial charge in [-0.15, -0.1) is 0 Å². The first kappa shape index (κ1) is 19.1. The quantitative estimate of drug-likeness (QED) is 0.534. The van der Waals surface area contributed by atoms with E-state index in [-0.39, 0.29) is 12.1 Å². The molecule has 5 rings (SSSR count). The van der Waals surface area contributed by atoms with E-state index in [4.69, 9.17) is 4.98 Å². The minimum atomic E-state index is -0.0773. The number of carbonyl (C=O) groups is 1. The van der Waals surface area contributed by atoms with Crippen molar-refractivity contribution in [2.75, 3.05) is 18.4 Å². The summed E-state index contributed by atoms with van der Waals surface area (Å²) in [7, 11) is 0. The summed E-state index contributed by atoms with van der Waals surface area (Å²) < 4.78 is 3.52. The van der Waals surface area contributed by atoms with Crippen molar-refractivity contribution in [1.29, 1.82) is 0 Å². The molecular weight excluding hydrogens is 396 g/mol. The van der Waals surface area contributed by atoms with E-state index in [1.54, 1.807) is 29.7 Å². The first-order chi connectivity index (χ1) is 15.1. The lowest BCUT2D eigenvalue weighted by Crippen LogP contribution is -2.34. The molecule has 1 unspecified atom stereocenters. The van der Waals surface area contributed by atoms with Crippen molar-refractivity contribution in [3.05, 3.63) is 43.3 Å². The maximum atomic E-state index is 12.6. The highest BCUT2D eigenvalue weighted by molar-refractivity contribution is 5.86. The standard InChI is InChI=1S/C20H22N10O/c1-3-30-18(14-8-22-13(2)23-9-14)27-16-17(24-11-25-19(16)30)26-15-4-6-28(10-15)20(31)29-7-5-21-12-29/h5,7-9,11-12,15H,3-4,6,10H2,1-2H3,(H,24,25,26). The number of carbonyl (C=O) groups excluding carboxylic acids is 1. The van der Waals surface area contributed by atoms with Gasteiger partial charge in [0.1, 0.15) is 24.3 Å². The van der Waals surface area contributed by atoms with Gasteiger partial charge >= 0.3 is 6.03 Å². The van der Waals surface area contributed by atoms with Gasteiger partial charge in [-0.25, -0.2) is 34.7 Å². The fourth-order valence-corrected chi connectivity index (χ4v) is 3.85. The first-order valence-corrected chi connectivity index (χ1v) is 10.2. The molecule has 1 saturated heterocycles. The smallest absolute Gasteiger partial charge is 0.329 e. The van der Waals surface area contributed by atoms with Crippen molar-refractivity contribution in [2.24, 2.45) is 0 Å². The van der Waals surface area contributed by atoms with Crippen molar-refractivity contribution >= 4 is 23.0 Å². The Bertz CT molecular complexity index is 1210. The summed E-state index contributed by atoms with van der Waals surface area (Å²) in [6, 6.07) is -0.00458. The van der Waals surface area contributed by atoms with Gasteiger partial charge < -0.3 is 14.8 Å². The summed E-state index contributed by atoms with van der Waals surface area (Å²) in [5.74, 6) is 2.12. The van der Waals surface area contributed by atoms with Crippen molar-refractivity contribution < 1.29 is 4.79 Å². The van der Waals surface area contributed by atoms with Gasteiger partial charge in [-0.1, -0.05) is 0 Å². The number of anilines is 1. The van der Waals surface area contributed by atoms with Crippen molar-refractivity contribution in [3.63, 3.8) is 0 Å². The highest BCUT2D eigenvalue weighted by Crippen LogP contribution is 2.27. The number of aryl methyl sites for hydroxylation is 2. The fraction of sp³-hybridized carbons (Fsp3) is 0.350. The largest absolute Gasteiger partial charge is 0.364 e. The van der Waals surface area contributed by atoms with Crippen LogP contribution in [-0.2, 0) is 6.54 Å². The van der Waals surface area contributed by atoms with Gasteiger partial charge in [-0.3, -0.25) is 4.57 Å². The highest BCUT2D eigenvalue weighted by Gasteiger charge is 2.28. The molecule has 158 valence electrons. The SMILES string of the molecule is CCn1c(-c2cnc(C)nc2)nc2c(NC3CCN(C(=O)n4ccnc4)C3)ncnc21. The molecule has 0 radical (unpaired) electrons. The normalized spacial score (nSPS) is 16.2. The average Bonchev–Trinajstić information content (AvgIpc) is 3.54. The summed E-state index contributed by atoms with van der Waals surface area (Å²) in [6.45, 7) is 5.84. The summed E-state index contributed by atoms with van der Waals surface area (Å²) >= 11 is 0. The third-order valence-corrected chi connectivity index (χ3v) is 5.41. The number of hydrogen-bond acceptors (Lipinski definition) is 8. The maximum absolute atomic E-state index is 12.6. The van der Waals surface area contributed by atoms with Crippen molar-refractivity contribution in [3.8, 4) is 11.4 Å². The third kappa shape index (κ3) is 3.47. The van der Waals surface area contributed by atoms with Crippen LogP contribution in [0.5, 0.6) is 0 Å². The van der Waals surface area contributed by atoms with Gasteiger partial charge in [-0.05, 0) is 20.3 Å². The molecule has 11 nitrogen and oxygen atoms in total. The monoisotopic (exact) mass is 418 g/mol. The summed E-state index contributed by atoms with van der Waals surface area (Å²) in [4.78, 5) is 40.6. The number of nitrogens with zero attached hydrogens (tertiary/aromatic N) is 9. The second-order valence-electron chi connectivity index (χ2n) is 7.42. The van der Waals surface area contributed by atoms with E-state index in [1.807, 2.05) is 18.4 Å². The molecule has 0 aliphatic carbocycles. The van der Waals surface area contributed by atoms with Crippen LogP contribution >= 0.6 is 0 Å². The molecule has 11 heteroatoms. The van der Waals surface area contributed by atoms with E-state index in [0.717, 1.165) is 23.5 Å². The lowest BCUT2D eigenvalue weighted by molar-refractivity contribution is 0.210. The molecule has 0 saturated carbocycles. The molecule has 1 amide bonds. The number of fused-ring (bicyclic) bond motifs is 1. The number of imidazole rings is 2. The maximum Gasteiger partial charge on any atom is 0.329 e. The number of aromatic nitrogens is 8. The molecule has 1 aliphatic heterocycles. The van der Waals surface area contributed by atoms with E-state index in [1.165, 1.54) is 17.2 Å². The van der Waals surface area contributed by atoms with Gasteiger partial charge in [0.2, 0.25) is 0 Å². The molecule has 5 heterocycles. The van der Waals surface area contributed by atoms with Crippen LogP contribution in [0.2, 0.25) is 0 Å². The zero-order valence-corrected chi connectivity index (χ0v) is 17.3. The van der Waals surface area contributed by atoms with E-state index in [2.05, 4.69) is 30.2 Å². The second kappa shape index (κ2) is 7.74. The van der Waals surface area contributed by atoms with Crippen LogP contribution < -0.4 is 5.32 Å². The van der Waals surface area contributed by atoms with Crippen LogP contribution in [0.15, 0.2) is 37.4 Å². The van der Waals surface area contributed by atoms with E-state index in [9.17, 15) is 4.79 Å². The Kier molecular flexibility index (Phi) is 4.77. The van der Waals surface area contributed by atoms with Crippen LogP contribution in [0, 0.1) is 6.92 Å². The minimum absolute atomic E-state index is 0.0727. The lowest BCUT2D eigenvalue weighted by atomic mass is 10.2. The number of nitrogens with one attached hydrogen (secondary N) is 1. The van der Waals surface area contributed by atoms with Gasteiger partial charge in [0.15, 0.2) is 17.0 Å². The lowest BCUT2D eigenvalue weighted by Gasteiger charge is -2.17. The van der Waals surface area contributed by atoms with Gasteiger partial charge in [0.25, 0.3) is 0 Å². The van der Waals surface area contributed by atoms with Crippen LogP contribution in [0.3, 0.4) is 0 Å². The Balaban J connectivity index is 1.42. The summed E-state index contributed by atoms with van der Waals surface area (Å²) in [6.07, 6.45) is 10.7. The van der Waals surface area contributed by atoms with Gasteiger partial charge in [0.05, 0.1) is 5.56 Å². The Hall–Kier alpha value is -3.89. The molecule has 4 aromatic rings. The van der Waals surface area contributed by atoms with Crippen molar-refractivity contribution in [1.82, 2.24) is 43.9 Å². The molecule has 1 fully saturated rings. The summed E-state index contributed by atoms with van der Waals surface area (Å²) in [5.41, 5.74) is 2.27. The Morgan fingerprint density at radius 3 is 2.81 bits per heavy atom. The molecule has 1 N–H and O–H groups in total. The fourth-order valence-electron chi connectivity index (χ4n) is 3.85. The molecule has 1 atom stereocenters. The van der Waals surface area contributed by atoms with E-state index < -0.39 is 0 Å². The van der Waals surface area contributed by atoms with Crippen LogP contribution in [0.4, 0.5) is 10.6 Å². The Morgan fingerprint density at radius 2 is 2.06 bits per heavy atom. The number of hydrogen-bond donors (Lipinski definition) is 1. The Labute approximate surface area is 178 Å². The average molecular weight is 418 g/mol. The topological polar surface area (TPSA) is 120 Å².